The molecule has 1 saturated heterocycles. The Morgan fingerprint density at radius 2 is 2.32 bits per heavy atom. The summed E-state index contributed by atoms with van der Waals surface area (Å²) in [5.41, 5.74) is 6.24. The van der Waals surface area contributed by atoms with Crippen molar-refractivity contribution in [3.8, 4) is 0 Å². The van der Waals surface area contributed by atoms with E-state index in [9.17, 15) is 9.59 Å². The second-order valence-corrected chi connectivity index (χ2v) is 6.46. The van der Waals surface area contributed by atoms with Crippen LogP contribution in [0.1, 0.15) is 46.4 Å². The number of carbonyl (C=O) groups excluding carboxylic acids is 2. The van der Waals surface area contributed by atoms with Crippen LogP contribution in [0.4, 0.5) is 0 Å². The third-order valence-electron chi connectivity index (χ3n) is 3.94. The van der Waals surface area contributed by atoms with Crippen LogP contribution in [0, 0.1) is 0 Å². The largest absolute Gasteiger partial charge is 0.364 e. The summed E-state index contributed by atoms with van der Waals surface area (Å²) < 4.78 is 0. The normalized spacial score (nSPS) is 18.4. The van der Waals surface area contributed by atoms with Gasteiger partial charge in [-0.15, -0.1) is 11.3 Å². The Bertz CT molecular complexity index is 665. The molecule has 0 radical (unpaired) electrons. The van der Waals surface area contributed by atoms with Crippen LogP contribution in [0.3, 0.4) is 0 Å². The number of primary amides is 1. The summed E-state index contributed by atoms with van der Waals surface area (Å²) in [6.07, 6.45) is 3.35. The molecule has 7 heteroatoms. The monoisotopic (exact) mass is 318 g/mol. The molecular weight excluding hydrogens is 300 g/mol. The number of hydrogen-bond donors (Lipinski definition) is 2. The van der Waals surface area contributed by atoms with E-state index in [1.807, 2.05) is 22.4 Å². The number of nitrogens with one attached hydrogen (secondary N) is 1. The molecule has 0 aliphatic carbocycles. The average Bonchev–Trinajstić information content (AvgIpc) is 3.18. The second kappa shape index (κ2) is 6.31. The molecule has 2 amide bonds. The fourth-order valence-electron chi connectivity index (χ4n) is 2.85. The lowest BCUT2D eigenvalue weighted by Crippen LogP contribution is -2.39. The predicted octanol–water partition coefficient (Wildman–Crippen LogP) is 1.87. The van der Waals surface area contributed by atoms with Crippen molar-refractivity contribution in [2.45, 2.75) is 31.7 Å². The minimum atomic E-state index is -0.560. The van der Waals surface area contributed by atoms with E-state index >= 15 is 0 Å². The number of carbonyl (C=O) groups is 2. The summed E-state index contributed by atoms with van der Waals surface area (Å²) in [4.78, 5) is 26.7. The molecule has 0 bridgehead atoms. The molecule has 1 aliphatic heterocycles. The van der Waals surface area contributed by atoms with Gasteiger partial charge in [-0.2, -0.15) is 5.10 Å². The van der Waals surface area contributed by atoms with Gasteiger partial charge in [0.05, 0.1) is 18.2 Å². The fraction of sp³-hybridized carbons (Fsp3) is 0.400. The van der Waals surface area contributed by atoms with Crippen molar-refractivity contribution in [1.82, 2.24) is 15.1 Å². The maximum absolute atomic E-state index is 12.6. The molecule has 3 heterocycles. The molecule has 0 spiro atoms. The Kier molecular flexibility index (Phi) is 4.24. The van der Waals surface area contributed by atoms with E-state index in [1.54, 1.807) is 17.4 Å². The Morgan fingerprint density at radius 1 is 1.45 bits per heavy atom. The first-order valence-electron chi connectivity index (χ1n) is 7.32. The molecule has 0 saturated carbocycles. The van der Waals surface area contributed by atoms with E-state index in [0.29, 0.717) is 6.42 Å². The number of likely N-dealkylation sites (tertiary alicyclic amines) is 1. The molecule has 1 atom stereocenters. The molecule has 3 rings (SSSR count). The van der Waals surface area contributed by atoms with E-state index in [4.69, 9.17) is 5.73 Å². The lowest BCUT2D eigenvalue weighted by molar-refractivity contribution is -0.134. The standard InChI is InChI=1S/C15H18N4O2S/c16-15(21)12-9-11(17-18-12)13-5-1-2-6-19(13)14(20)8-10-4-3-7-22-10/h3-4,7,9,13H,1-2,5-6,8H2,(H2,16,21)(H,17,18)/t13-/m0/s1. The lowest BCUT2D eigenvalue weighted by Gasteiger charge is -2.35. The zero-order chi connectivity index (χ0) is 15.5. The van der Waals surface area contributed by atoms with Crippen molar-refractivity contribution in [3.63, 3.8) is 0 Å². The van der Waals surface area contributed by atoms with Gasteiger partial charge in [-0.1, -0.05) is 6.07 Å². The summed E-state index contributed by atoms with van der Waals surface area (Å²) in [5.74, 6) is -0.447. The first-order valence-corrected chi connectivity index (χ1v) is 8.20. The van der Waals surface area contributed by atoms with Crippen molar-refractivity contribution in [2.24, 2.45) is 5.73 Å². The van der Waals surface area contributed by atoms with Gasteiger partial charge in [0.15, 0.2) is 0 Å². The number of nitrogens with two attached hydrogens (primary N) is 1. The van der Waals surface area contributed by atoms with E-state index in [2.05, 4.69) is 10.2 Å². The zero-order valence-electron chi connectivity index (χ0n) is 12.1. The second-order valence-electron chi connectivity index (χ2n) is 5.43. The summed E-state index contributed by atoms with van der Waals surface area (Å²) in [6, 6.07) is 5.53. The number of piperidine rings is 1. The van der Waals surface area contributed by atoms with Gasteiger partial charge in [0, 0.05) is 11.4 Å². The van der Waals surface area contributed by atoms with Gasteiger partial charge in [0.25, 0.3) is 5.91 Å². The number of thiophene rings is 1. The highest BCUT2D eigenvalue weighted by Gasteiger charge is 2.29. The number of nitrogens with zero attached hydrogens (tertiary/aromatic N) is 2. The third-order valence-corrected chi connectivity index (χ3v) is 4.81. The number of rotatable bonds is 4. The molecule has 2 aromatic heterocycles. The van der Waals surface area contributed by atoms with Gasteiger partial charge in [0.1, 0.15) is 5.69 Å². The van der Waals surface area contributed by atoms with E-state index in [0.717, 1.165) is 36.4 Å². The van der Waals surface area contributed by atoms with Crippen LogP contribution in [0.5, 0.6) is 0 Å². The highest BCUT2D eigenvalue weighted by Crippen LogP contribution is 2.30. The first-order chi connectivity index (χ1) is 10.6. The molecule has 1 fully saturated rings. The Hall–Kier alpha value is -2.15. The molecule has 22 heavy (non-hydrogen) atoms. The minimum absolute atomic E-state index is 0.0539. The van der Waals surface area contributed by atoms with Crippen molar-refractivity contribution < 1.29 is 9.59 Å². The number of amides is 2. The molecule has 0 unspecified atom stereocenters. The van der Waals surface area contributed by atoms with Gasteiger partial charge >= 0.3 is 0 Å². The molecule has 6 nitrogen and oxygen atoms in total. The smallest absolute Gasteiger partial charge is 0.269 e. The third kappa shape index (κ3) is 3.04. The predicted molar refractivity (Wildman–Crippen MR) is 83.4 cm³/mol. The number of hydrogen-bond acceptors (Lipinski definition) is 4. The van der Waals surface area contributed by atoms with Crippen LogP contribution >= 0.6 is 11.3 Å². The summed E-state index contributed by atoms with van der Waals surface area (Å²) in [5, 5.41) is 8.76. The van der Waals surface area contributed by atoms with Crippen molar-refractivity contribution in [3.05, 3.63) is 39.8 Å². The van der Waals surface area contributed by atoms with Crippen molar-refractivity contribution in [1.29, 1.82) is 0 Å². The van der Waals surface area contributed by atoms with E-state index in [1.165, 1.54) is 0 Å². The van der Waals surface area contributed by atoms with Gasteiger partial charge in [-0.3, -0.25) is 14.7 Å². The van der Waals surface area contributed by atoms with Crippen molar-refractivity contribution >= 4 is 23.2 Å². The van der Waals surface area contributed by atoms with Crippen LogP contribution in [0.25, 0.3) is 0 Å². The number of H-pyrrole nitrogens is 1. The Morgan fingerprint density at radius 3 is 3.00 bits per heavy atom. The summed E-state index contributed by atoms with van der Waals surface area (Å²) in [7, 11) is 0. The van der Waals surface area contributed by atoms with Crippen LogP contribution in [-0.4, -0.2) is 33.5 Å². The van der Waals surface area contributed by atoms with Crippen molar-refractivity contribution in [2.75, 3.05) is 6.54 Å². The zero-order valence-corrected chi connectivity index (χ0v) is 12.9. The topological polar surface area (TPSA) is 92.1 Å². The van der Waals surface area contributed by atoms with Gasteiger partial charge in [-0.05, 0) is 36.8 Å². The van der Waals surface area contributed by atoms with Gasteiger partial charge in [-0.25, -0.2) is 0 Å². The lowest BCUT2D eigenvalue weighted by atomic mass is 9.98. The van der Waals surface area contributed by atoms with Gasteiger partial charge in [0.2, 0.25) is 5.91 Å². The summed E-state index contributed by atoms with van der Waals surface area (Å²) in [6.45, 7) is 0.736. The molecule has 3 N–H and O–H groups in total. The fourth-order valence-corrected chi connectivity index (χ4v) is 3.55. The maximum Gasteiger partial charge on any atom is 0.269 e. The molecule has 1 aliphatic rings. The number of aromatic nitrogens is 2. The average molecular weight is 318 g/mol. The van der Waals surface area contributed by atoms with Crippen LogP contribution in [0.2, 0.25) is 0 Å². The first kappa shape index (κ1) is 14.8. The Labute approximate surface area is 132 Å². The highest BCUT2D eigenvalue weighted by atomic mass is 32.1. The molecular formula is C15H18N4O2S. The van der Waals surface area contributed by atoms with E-state index in [-0.39, 0.29) is 17.6 Å². The van der Waals surface area contributed by atoms with Gasteiger partial charge < -0.3 is 10.6 Å². The van der Waals surface area contributed by atoms with E-state index < -0.39 is 5.91 Å². The molecule has 116 valence electrons. The van der Waals surface area contributed by atoms with Crippen LogP contribution in [-0.2, 0) is 11.2 Å². The number of aromatic amines is 1. The summed E-state index contributed by atoms with van der Waals surface area (Å²) >= 11 is 1.59. The molecule has 0 aromatic carbocycles. The molecule has 2 aromatic rings. The Balaban J connectivity index is 1.78. The minimum Gasteiger partial charge on any atom is -0.364 e. The quantitative estimate of drug-likeness (QED) is 0.901. The SMILES string of the molecule is NC(=O)c1cc([C@@H]2CCCCN2C(=O)Cc2cccs2)[nH]n1. The highest BCUT2D eigenvalue weighted by molar-refractivity contribution is 7.10. The van der Waals surface area contributed by atoms with Crippen LogP contribution < -0.4 is 5.73 Å². The van der Waals surface area contributed by atoms with Crippen LogP contribution in [0.15, 0.2) is 23.6 Å². The maximum atomic E-state index is 12.6.